The Bertz CT molecular complexity index is 991. The molecule has 0 saturated heterocycles. The molecule has 0 unspecified atom stereocenters. The third kappa shape index (κ3) is 12.6. The van der Waals surface area contributed by atoms with Crippen molar-refractivity contribution < 1.29 is 0 Å². The molecule has 0 heteroatoms. The van der Waals surface area contributed by atoms with E-state index in [0.717, 1.165) is 19.3 Å². The van der Waals surface area contributed by atoms with Crippen molar-refractivity contribution in [2.45, 2.75) is 140 Å². The number of hydrogen-bond donors (Lipinski definition) is 0. The van der Waals surface area contributed by atoms with Crippen molar-refractivity contribution in [1.82, 2.24) is 0 Å². The van der Waals surface area contributed by atoms with Gasteiger partial charge in [-0.3, -0.25) is 0 Å². The Labute approximate surface area is 244 Å². The quantitative estimate of drug-likeness (QED) is 0.231. The van der Waals surface area contributed by atoms with Crippen LogP contribution < -0.4 is 0 Å². The molecule has 3 rings (SSSR count). The third-order valence-electron chi connectivity index (χ3n) is 7.94. The summed E-state index contributed by atoms with van der Waals surface area (Å²) in [5, 5.41) is 0. The van der Waals surface area contributed by atoms with E-state index in [4.69, 9.17) is 0 Å². The van der Waals surface area contributed by atoms with E-state index in [2.05, 4.69) is 117 Å². The first-order chi connectivity index (χ1) is 18.4. The van der Waals surface area contributed by atoms with Gasteiger partial charge in [0.05, 0.1) is 0 Å². The van der Waals surface area contributed by atoms with Crippen molar-refractivity contribution >= 4 is 0 Å². The molecule has 0 aliphatic rings. The highest BCUT2D eigenvalue weighted by Crippen LogP contribution is 2.18. The molecule has 0 nitrogen and oxygen atoms in total. The molecule has 39 heavy (non-hydrogen) atoms. The van der Waals surface area contributed by atoms with E-state index in [0.29, 0.717) is 0 Å². The van der Waals surface area contributed by atoms with E-state index in [9.17, 15) is 0 Å². The molecule has 0 radical (unpaired) electrons. The van der Waals surface area contributed by atoms with Gasteiger partial charge in [0, 0.05) is 0 Å². The number of hydrogen-bond acceptors (Lipinski definition) is 0. The Balaban J connectivity index is 0.000000556. The molecule has 0 fully saturated rings. The predicted octanol–water partition coefficient (Wildman–Crippen LogP) is 11.9. The number of aryl methyl sites for hydroxylation is 6. The van der Waals surface area contributed by atoms with Crippen LogP contribution in [0, 0.1) is 20.8 Å². The summed E-state index contributed by atoms with van der Waals surface area (Å²) in [6.07, 6.45) is 13.6. The highest BCUT2D eigenvalue weighted by molar-refractivity contribution is 5.35. The molecule has 0 aliphatic carbocycles. The fourth-order valence-electron chi connectivity index (χ4n) is 5.18. The summed E-state index contributed by atoms with van der Waals surface area (Å²) in [5.74, 6) is 0. The van der Waals surface area contributed by atoms with Crippen LogP contribution in [0.5, 0.6) is 0 Å². The zero-order chi connectivity index (χ0) is 28.3. The zero-order valence-electron chi connectivity index (χ0n) is 26.5. The Morgan fingerprint density at radius 2 is 0.667 bits per heavy atom. The van der Waals surface area contributed by atoms with Crippen molar-refractivity contribution in [2.24, 2.45) is 0 Å². The van der Waals surface area contributed by atoms with Gasteiger partial charge in [0.1, 0.15) is 0 Å². The highest BCUT2D eigenvalue weighted by Gasteiger charge is 2.03. The highest BCUT2D eigenvalue weighted by atomic mass is 14.1. The van der Waals surface area contributed by atoms with Crippen LogP contribution in [0.2, 0.25) is 0 Å². The second-order valence-electron chi connectivity index (χ2n) is 10.6. The van der Waals surface area contributed by atoms with Gasteiger partial charge < -0.3 is 0 Å². The topological polar surface area (TPSA) is 0 Å². The number of unbranched alkanes of at least 4 members (excludes halogenated alkanes) is 2. The Kier molecular flexibility index (Phi) is 20.2. The molecule has 3 aromatic rings. The smallest absolute Gasteiger partial charge is 0.0276 e. The molecule has 0 spiro atoms. The second kappa shape index (κ2) is 21.5. The Morgan fingerprint density at radius 3 is 0.974 bits per heavy atom. The molecule has 0 atom stereocenters. The van der Waals surface area contributed by atoms with Crippen LogP contribution in [0.4, 0.5) is 0 Å². The number of benzene rings is 3. The second-order valence-corrected chi connectivity index (χ2v) is 10.6. The summed E-state index contributed by atoms with van der Waals surface area (Å²) in [7, 11) is 0. The van der Waals surface area contributed by atoms with Crippen LogP contribution in [-0.4, -0.2) is 0 Å². The van der Waals surface area contributed by atoms with E-state index < -0.39 is 0 Å². The van der Waals surface area contributed by atoms with Crippen LogP contribution in [0.3, 0.4) is 0 Å². The molecule has 218 valence electrons. The van der Waals surface area contributed by atoms with E-state index in [1.807, 2.05) is 0 Å². The fraction of sp³-hybridized carbons (Fsp3) is 0.538. The van der Waals surface area contributed by atoms with E-state index in [1.54, 1.807) is 16.7 Å². The Hall–Kier alpha value is -2.34. The molecule has 0 amide bonds. The first-order valence-corrected chi connectivity index (χ1v) is 15.6. The average Bonchev–Trinajstić information content (AvgIpc) is 2.94. The molecule has 0 N–H and O–H groups in total. The van der Waals surface area contributed by atoms with Crippen LogP contribution >= 0.6 is 0 Å². The van der Waals surface area contributed by atoms with E-state index >= 15 is 0 Å². The lowest BCUT2D eigenvalue weighted by Gasteiger charge is -2.10. The van der Waals surface area contributed by atoms with Crippen LogP contribution in [-0.2, 0) is 38.5 Å². The fourth-order valence-corrected chi connectivity index (χ4v) is 5.18. The van der Waals surface area contributed by atoms with Crippen LogP contribution in [0.1, 0.15) is 131 Å². The molecule has 0 aromatic heterocycles. The largest absolute Gasteiger partial charge is 0.0776 e. The third-order valence-corrected chi connectivity index (χ3v) is 7.94. The van der Waals surface area contributed by atoms with Crippen LogP contribution in [0.15, 0.2) is 54.6 Å². The summed E-state index contributed by atoms with van der Waals surface area (Å²) in [6, 6.07) is 20.1. The van der Waals surface area contributed by atoms with Gasteiger partial charge in [0.25, 0.3) is 0 Å². The van der Waals surface area contributed by atoms with Gasteiger partial charge in [-0.05, 0) is 122 Å². The molecule has 0 aliphatic heterocycles. The standard InChI is InChI=1S/C15H24.C12H18.C11H16.CH4/c1-4-6-9-14-11-8-12-15(13(14)3)10-7-5-2;1-4-7-12-9-6-8-11(5-2)10(12)3;1-4-10-7-6-8-11(5-2)9(10)3;/h8,11-12H,4-7,9-10H2,1-3H3;6,8-9H,4-5,7H2,1-3H3;6-8H,4-5H2,1-3H3;1H4. The van der Waals surface area contributed by atoms with Gasteiger partial charge in [0.15, 0.2) is 0 Å². The predicted molar refractivity (Wildman–Crippen MR) is 180 cm³/mol. The van der Waals surface area contributed by atoms with Gasteiger partial charge in [-0.25, -0.2) is 0 Å². The minimum atomic E-state index is 0. The lowest BCUT2D eigenvalue weighted by molar-refractivity contribution is 0.773. The van der Waals surface area contributed by atoms with Crippen molar-refractivity contribution in [2.75, 3.05) is 0 Å². The molecule has 0 bridgehead atoms. The molecule has 0 saturated carbocycles. The lowest BCUT2D eigenvalue weighted by Crippen LogP contribution is -1.96. The van der Waals surface area contributed by atoms with Crippen molar-refractivity contribution in [3.05, 3.63) is 105 Å². The SMILES string of the molecule is C.CCCCc1cccc(CCCC)c1C.CCCc1cccc(CC)c1C.CCc1cccc(CC)c1C. The zero-order valence-corrected chi connectivity index (χ0v) is 26.5. The maximum Gasteiger partial charge on any atom is -0.0276 e. The average molecular weight is 531 g/mol. The van der Waals surface area contributed by atoms with Crippen molar-refractivity contribution in [1.29, 1.82) is 0 Å². The first kappa shape index (κ1) is 36.7. The molecular weight excluding hydrogens is 468 g/mol. The minimum absolute atomic E-state index is 0. The van der Waals surface area contributed by atoms with E-state index in [-0.39, 0.29) is 7.43 Å². The van der Waals surface area contributed by atoms with Gasteiger partial charge in [-0.1, -0.05) is 123 Å². The molecule has 0 heterocycles. The molecule has 3 aromatic carbocycles. The maximum absolute atomic E-state index is 2.29. The normalized spacial score (nSPS) is 10.1. The van der Waals surface area contributed by atoms with Gasteiger partial charge in [-0.2, -0.15) is 0 Å². The lowest BCUT2D eigenvalue weighted by atomic mass is 9.95. The van der Waals surface area contributed by atoms with Gasteiger partial charge in [0.2, 0.25) is 0 Å². The summed E-state index contributed by atoms with van der Waals surface area (Å²) < 4.78 is 0. The number of rotatable bonds is 11. The summed E-state index contributed by atoms with van der Waals surface area (Å²) in [5.41, 5.74) is 13.7. The van der Waals surface area contributed by atoms with Gasteiger partial charge >= 0.3 is 0 Å². The van der Waals surface area contributed by atoms with Crippen molar-refractivity contribution in [3.63, 3.8) is 0 Å². The van der Waals surface area contributed by atoms with Gasteiger partial charge in [-0.15, -0.1) is 0 Å². The van der Waals surface area contributed by atoms with E-state index in [1.165, 1.54) is 84.7 Å². The van der Waals surface area contributed by atoms with Crippen molar-refractivity contribution in [3.8, 4) is 0 Å². The molecular formula is C39H62. The monoisotopic (exact) mass is 530 g/mol. The van der Waals surface area contributed by atoms with Crippen LogP contribution in [0.25, 0.3) is 0 Å². The summed E-state index contributed by atoms with van der Waals surface area (Å²) in [6.45, 7) is 20.1. The summed E-state index contributed by atoms with van der Waals surface area (Å²) >= 11 is 0. The summed E-state index contributed by atoms with van der Waals surface area (Å²) in [4.78, 5) is 0. The Morgan fingerprint density at radius 1 is 0.385 bits per heavy atom. The first-order valence-electron chi connectivity index (χ1n) is 15.6. The maximum atomic E-state index is 2.29. The minimum Gasteiger partial charge on any atom is -0.0776 e.